The lowest BCUT2D eigenvalue weighted by molar-refractivity contribution is 0.0849. The van der Waals surface area contributed by atoms with Gasteiger partial charge in [-0.3, -0.25) is 25.2 Å². The molecule has 2 amide bonds. The van der Waals surface area contributed by atoms with Crippen LogP contribution in [0.1, 0.15) is 36.6 Å². The number of hydrazine groups is 1. The fourth-order valence-corrected chi connectivity index (χ4v) is 2.44. The van der Waals surface area contributed by atoms with Crippen molar-refractivity contribution in [1.29, 1.82) is 0 Å². The zero-order valence-electron chi connectivity index (χ0n) is 12.0. The van der Waals surface area contributed by atoms with Gasteiger partial charge in [0, 0.05) is 5.56 Å². The van der Waals surface area contributed by atoms with E-state index in [1.807, 2.05) is 0 Å². The molecule has 0 aliphatic heterocycles. The molecule has 2 aromatic rings. The largest absolute Gasteiger partial charge is 0.497 e. The quantitative estimate of drug-likeness (QED) is 0.667. The van der Waals surface area contributed by atoms with E-state index in [1.165, 1.54) is 20.1 Å². The Morgan fingerprint density at radius 2 is 1.50 bits per heavy atom. The lowest BCUT2D eigenvalue weighted by Gasteiger charge is -2.06. The first-order valence-electron chi connectivity index (χ1n) is 6.37. The van der Waals surface area contributed by atoms with Crippen molar-refractivity contribution in [3.05, 3.63) is 51.7 Å². The lowest BCUT2D eigenvalue weighted by atomic mass is 10.2. The van der Waals surface area contributed by atoms with Crippen molar-refractivity contribution in [1.82, 2.24) is 10.9 Å². The van der Waals surface area contributed by atoms with Crippen LogP contribution in [0.3, 0.4) is 0 Å². The number of nitrogens with one attached hydrogen (secondary N) is 2. The number of rotatable bonds is 4. The molecular weight excluding hydrogens is 304 g/mol. The normalized spacial score (nSPS) is 9.91. The number of Topliss-reactive ketones (excluding diaryl/α,β-unsaturated/α-hetero) is 1. The number of thiophene rings is 1. The van der Waals surface area contributed by atoms with Gasteiger partial charge in [-0.15, -0.1) is 11.3 Å². The zero-order chi connectivity index (χ0) is 16.1. The topological polar surface area (TPSA) is 84.5 Å². The van der Waals surface area contributed by atoms with Crippen LogP contribution in [0.5, 0.6) is 5.75 Å². The van der Waals surface area contributed by atoms with Gasteiger partial charge in [0.25, 0.3) is 11.8 Å². The highest BCUT2D eigenvalue weighted by molar-refractivity contribution is 7.15. The van der Waals surface area contributed by atoms with Crippen molar-refractivity contribution in [2.24, 2.45) is 0 Å². The first kappa shape index (κ1) is 15.7. The molecule has 114 valence electrons. The molecule has 0 bridgehead atoms. The minimum atomic E-state index is -0.473. The summed E-state index contributed by atoms with van der Waals surface area (Å²) in [6.07, 6.45) is 0. The van der Waals surface area contributed by atoms with Crippen molar-refractivity contribution in [3.8, 4) is 5.75 Å². The molecule has 7 heteroatoms. The maximum atomic E-state index is 11.9. The van der Waals surface area contributed by atoms with Gasteiger partial charge in [-0.05, 0) is 43.3 Å². The molecule has 0 unspecified atom stereocenters. The van der Waals surface area contributed by atoms with E-state index in [1.54, 1.807) is 30.3 Å². The molecule has 2 N–H and O–H groups in total. The van der Waals surface area contributed by atoms with E-state index in [-0.39, 0.29) is 5.78 Å². The summed E-state index contributed by atoms with van der Waals surface area (Å²) in [7, 11) is 1.53. The number of ketones is 1. The summed E-state index contributed by atoms with van der Waals surface area (Å²) in [5.41, 5.74) is 5.01. The van der Waals surface area contributed by atoms with E-state index in [0.29, 0.717) is 21.1 Å². The predicted molar refractivity (Wildman–Crippen MR) is 82.2 cm³/mol. The smallest absolute Gasteiger partial charge is 0.279 e. The van der Waals surface area contributed by atoms with Crippen LogP contribution < -0.4 is 15.6 Å². The second-order valence-corrected chi connectivity index (χ2v) is 5.44. The Kier molecular flexibility index (Phi) is 4.90. The van der Waals surface area contributed by atoms with Gasteiger partial charge >= 0.3 is 0 Å². The zero-order valence-corrected chi connectivity index (χ0v) is 12.8. The fourth-order valence-electron chi connectivity index (χ4n) is 1.64. The van der Waals surface area contributed by atoms with E-state index in [2.05, 4.69) is 10.9 Å². The van der Waals surface area contributed by atoms with Crippen LogP contribution in [0, 0.1) is 0 Å². The number of ether oxygens (including phenoxy) is 1. The molecule has 1 aromatic carbocycles. The summed E-state index contributed by atoms with van der Waals surface area (Å²) < 4.78 is 5.00. The molecule has 0 radical (unpaired) electrons. The monoisotopic (exact) mass is 318 g/mol. The van der Waals surface area contributed by atoms with E-state index in [0.717, 1.165) is 11.3 Å². The third-order valence-corrected chi connectivity index (χ3v) is 4.00. The Morgan fingerprint density at radius 1 is 0.909 bits per heavy atom. The molecule has 0 atom stereocenters. The number of carbonyl (C=O) groups is 3. The molecule has 1 aromatic heterocycles. The Bertz CT molecular complexity index is 707. The van der Waals surface area contributed by atoms with Gasteiger partial charge in [-0.25, -0.2) is 0 Å². The van der Waals surface area contributed by atoms with E-state index < -0.39 is 11.8 Å². The summed E-state index contributed by atoms with van der Waals surface area (Å²) in [4.78, 5) is 35.8. The third-order valence-electron chi connectivity index (χ3n) is 2.82. The Labute approximate surface area is 131 Å². The van der Waals surface area contributed by atoms with Crippen LogP contribution >= 0.6 is 11.3 Å². The number of hydrogen-bond acceptors (Lipinski definition) is 5. The predicted octanol–water partition coefficient (Wildman–Crippen LogP) is 2.03. The first-order valence-corrected chi connectivity index (χ1v) is 7.18. The maximum Gasteiger partial charge on any atom is 0.279 e. The Hall–Kier alpha value is -2.67. The fraction of sp³-hybridized carbons (Fsp3) is 0.133. The SMILES string of the molecule is COc1ccc(C(=O)NNC(=O)c2ccc(C(C)=O)s2)cc1. The maximum absolute atomic E-state index is 11.9. The van der Waals surface area contributed by atoms with E-state index in [4.69, 9.17) is 4.74 Å². The molecule has 0 aliphatic rings. The van der Waals surface area contributed by atoms with Gasteiger partial charge in [-0.1, -0.05) is 0 Å². The highest BCUT2D eigenvalue weighted by Gasteiger charge is 2.12. The average molecular weight is 318 g/mol. The molecular formula is C15H14N2O4S. The lowest BCUT2D eigenvalue weighted by Crippen LogP contribution is -2.41. The number of hydrogen-bond donors (Lipinski definition) is 2. The molecule has 0 aliphatic carbocycles. The summed E-state index contributed by atoms with van der Waals surface area (Å²) in [5, 5.41) is 0. The second kappa shape index (κ2) is 6.86. The van der Waals surface area contributed by atoms with Crippen LogP contribution in [-0.2, 0) is 0 Å². The number of carbonyl (C=O) groups excluding carboxylic acids is 3. The third kappa shape index (κ3) is 3.70. The molecule has 0 fully saturated rings. The molecule has 0 saturated carbocycles. The summed E-state index contributed by atoms with van der Waals surface area (Å²) in [6, 6.07) is 9.58. The number of amides is 2. The highest BCUT2D eigenvalue weighted by Crippen LogP contribution is 2.16. The average Bonchev–Trinajstić information content (AvgIpc) is 3.02. The summed E-state index contributed by atoms with van der Waals surface area (Å²) in [6.45, 7) is 1.43. The van der Waals surface area contributed by atoms with E-state index in [9.17, 15) is 14.4 Å². The van der Waals surface area contributed by atoms with Crippen LogP contribution in [0.15, 0.2) is 36.4 Å². The minimum Gasteiger partial charge on any atom is -0.497 e. The minimum absolute atomic E-state index is 0.105. The van der Waals surface area contributed by atoms with Gasteiger partial charge in [0.05, 0.1) is 16.9 Å². The van der Waals surface area contributed by atoms with Crippen molar-refractivity contribution in [2.75, 3.05) is 7.11 Å². The van der Waals surface area contributed by atoms with Crippen LogP contribution in [-0.4, -0.2) is 24.7 Å². The molecule has 0 spiro atoms. The van der Waals surface area contributed by atoms with Gasteiger partial charge in [0.1, 0.15) is 5.75 Å². The first-order chi connectivity index (χ1) is 10.5. The van der Waals surface area contributed by atoms with E-state index >= 15 is 0 Å². The molecule has 1 heterocycles. The molecule has 2 rings (SSSR count). The van der Waals surface area contributed by atoms with Crippen molar-refractivity contribution in [2.45, 2.75) is 6.92 Å². The molecule has 22 heavy (non-hydrogen) atoms. The van der Waals surface area contributed by atoms with Crippen LogP contribution in [0.4, 0.5) is 0 Å². The van der Waals surface area contributed by atoms with Gasteiger partial charge < -0.3 is 4.74 Å². The standard InChI is InChI=1S/C15H14N2O4S/c1-9(18)12-7-8-13(22-12)15(20)17-16-14(19)10-3-5-11(21-2)6-4-10/h3-8H,1-2H3,(H,16,19)(H,17,20). The molecule has 6 nitrogen and oxygen atoms in total. The highest BCUT2D eigenvalue weighted by atomic mass is 32.1. The number of benzene rings is 1. The van der Waals surface area contributed by atoms with Gasteiger partial charge in [0.2, 0.25) is 0 Å². The number of methoxy groups -OCH3 is 1. The summed E-state index contributed by atoms with van der Waals surface area (Å²) in [5.74, 6) is -0.388. The molecule has 0 saturated heterocycles. The summed E-state index contributed by atoms with van der Waals surface area (Å²) >= 11 is 1.07. The van der Waals surface area contributed by atoms with Crippen LogP contribution in [0.2, 0.25) is 0 Å². The van der Waals surface area contributed by atoms with Crippen molar-refractivity contribution >= 4 is 28.9 Å². The van der Waals surface area contributed by atoms with Gasteiger partial charge in [0.15, 0.2) is 5.78 Å². The van der Waals surface area contributed by atoms with Crippen LogP contribution in [0.25, 0.3) is 0 Å². The van der Waals surface area contributed by atoms with Crippen molar-refractivity contribution < 1.29 is 19.1 Å². The Balaban J connectivity index is 1.94. The van der Waals surface area contributed by atoms with Gasteiger partial charge in [-0.2, -0.15) is 0 Å². The second-order valence-electron chi connectivity index (χ2n) is 4.36. The Morgan fingerprint density at radius 3 is 2.05 bits per heavy atom. The van der Waals surface area contributed by atoms with Crippen molar-refractivity contribution in [3.63, 3.8) is 0 Å².